The SMILES string of the molecule is C=Cc1cc(C(=O)O)c(-c2ccc(C(=O)NCC3CC3)nc2C(=O)OC(OC(=O)C(C)(C)C)C(C)C)cc1OC. The van der Waals surface area contributed by atoms with Crippen molar-refractivity contribution in [2.45, 2.75) is 53.8 Å². The molecule has 2 N–H and O–H groups in total. The number of hydrogen-bond donors (Lipinski definition) is 2. The Balaban J connectivity index is 2.12. The summed E-state index contributed by atoms with van der Waals surface area (Å²) < 4.78 is 16.5. The van der Waals surface area contributed by atoms with E-state index < -0.39 is 41.4 Å². The molecule has 10 nitrogen and oxygen atoms in total. The predicted octanol–water partition coefficient (Wildman–Crippen LogP) is 4.97. The highest BCUT2D eigenvalue weighted by molar-refractivity contribution is 6.04. The number of ether oxygens (including phenoxy) is 3. The van der Waals surface area contributed by atoms with Gasteiger partial charge in [-0.15, -0.1) is 0 Å². The average molecular weight is 553 g/mol. The standard InChI is InChI=1S/C30H36N2O8/c1-8-18-13-21(26(34)35)20(14-23(18)38-7)19-11-12-22(25(33)31-15-17-9-10-17)32-24(19)27(36)39-28(16(2)3)40-29(37)30(4,5)6/h8,11-14,16-17,28H,1,9-10,15H2,2-7H3,(H,31,33)(H,34,35). The van der Waals surface area contributed by atoms with E-state index >= 15 is 0 Å². The van der Waals surface area contributed by atoms with Crippen molar-refractivity contribution in [1.82, 2.24) is 10.3 Å². The molecule has 1 amide bonds. The summed E-state index contributed by atoms with van der Waals surface area (Å²) in [7, 11) is 1.42. The van der Waals surface area contributed by atoms with Crippen molar-refractivity contribution < 1.29 is 38.5 Å². The van der Waals surface area contributed by atoms with E-state index in [2.05, 4.69) is 16.9 Å². The van der Waals surface area contributed by atoms with Gasteiger partial charge >= 0.3 is 17.9 Å². The zero-order chi connectivity index (χ0) is 29.8. The molecule has 1 aromatic carbocycles. The second-order valence-electron chi connectivity index (χ2n) is 11.1. The number of esters is 2. The van der Waals surface area contributed by atoms with Crippen LogP contribution in [0, 0.1) is 17.3 Å². The molecule has 1 heterocycles. The number of pyridine rings is 1. The van der Waals surface area contributed by atoms with Crippen LogP contribution in [0.15, 0.2) is 30.8 Å². The number of hydrogen-bond acceptors (Lipinski definition) is 8. The van der Waals surface area contributed by atoms with Gasteiger partial charge in [-0.2, -0.15) is 0 Å². The molecule has 10 heteroatoms. The Morgan fingerprint density at radius 3 is 2.33 bits per heavy atom. The van der Waals surface area contributed by atoms with Gasteiger partial charge in [0, 0.05) is 29.2 Å². The monoisotopic (exact) mass is 552 g/mol. The maximum atomic E-state index is 13.6. The summed E-state index contributed by atoms with van der Waals surface area (Å²) in [6, 6.07) is 5.68. The van der Waals surface area contributed by atoms with Gasteiger partial charge in [0.1, 0.15) is 11.4 Å². The Kier molecular flexibility index (Phi) is 9.34. The van der Waals surface area contributed by atoms with E-state index in [9.17, 15) is 24.3 Å². The van der Waals surface area contributed by atoms with Gasteiger partial charge in [-0.05, 0) is 63.8 Å². The van der Waals surface area contributed by atoms with Crippen molar-refractivity contribution in [3.8, 4) is 16.9 Å². The number of rotatable bonds is 11. The van der Waals surface area contributed by atoms with Crippen molar-refractivity contribution in [3.63, 3.8) is 0 Å². The number of aromatic carboxylic acids is 1. The lowest BCUT2D eigenvalue weighted by atomic mass is 9.95. The summed E-state index contributed by atoms with van der Waals surface area (Å²) in [5.41, 5.74) is -0.694. The summed E-state index contributed by atoms with van der Waals surface area (Å²) in [6.07, 6.45) is 2.27. The average Bonchev–Trinajstić information content (AvgIpc) is 3.74. The third kappa shape index (κ3) is 7.25. The fourth-order valence-electron chi connectivity index (χ4n) is 3.68. The number of benzene rings is 1. The number of nitrogens with one attached hydrogen (secondary N) is 1. The van der Waals surface area contributed by atoms with Gasteiger partial charge < -0.3 is 24.6 Å². The maximum absolute atomic E-state index is 13.6. The number of nitrogens with zero attached hydrogens (tertiary/aromatic N) is 1. The van der Waals surface area contributed by atoms with Crippen LogP contribution in [0.25, 0.3) is 17.2 Å². The van der Waals surface area contributed by atoms with Gasteiger partial charge in [0.05, 0.1) is 18.1 Å². The van der Waals surface area contributed by atoms with E-state index in [1.54, 1.807) is 34.6 Å². The second kappa shape index (κ2) is 12.3. The molecule has 0 spiro atoms. The van der Waals surface area contributed by atoms with Gasteiger partial charge in [-0.3, -0.25) is 9.59 Å². The molecule has 1 aromatic heterocycles. The minimum Gasteiger partial charge on any atom is -0.496 e. The highest BCUT2D eigenvalue weighted by Gasteiger charge is 2.32. The molecule has 1 atom stereocenters. The summed E-state index contributed by atoms with van der Waals surface area (Å²) in [4.78, 5) is 55.5. The lowest BCUT2D eigenvalue weighted by molar-refractivity contribution is -0.184. The predicted molar refractivity (Wildman–Crippen MR) is 148 cm³/mol. The number of aromatic nitrogens is 1. The summed E-state index contributed by atoms with van der Waals surface area (Å²) in [6.45, 7) is 12.6. The number of carbonyl (C=O) groups excluding carboxylic acids is 3. The highest BCUT2D eigenvalue weighted by atomic mass is 16.7. The molecule has 40 heavy (non-hydrogen) atoms. The maximum Gasteiger partial charge on any atom is 0.360 e. The number of methoxy groups -OCH3 is 1. The fourth-order valence-corrected chi connectivity index (χ4v) is 3.68. The molecule has 1 aliphatic rings. The molecule has 0 aliphatic heterocycles. The first-order valence-electron chi connectivity index (χ1n) is 13.1. The number of carbonyl (C=O) groups is 4. The van der Waals surface area contributed by atoms with E-state index in [1.807, 2.05) is 0 Å². The first-order valence-corrected chi connectivity index (χ1v) is 13.1. The van der Waals surface area contributed by atoms with Crippen LogP contribution in [-0.4, -0.2) is 53.9 Å². The molecule has 1 fully saturated rings. The zero-order valence-electron chi connectivity index (χ0n) is 23.7. The highest BCUT2D eigenvalue weighted by Crippen LogP contribution is 2.34. The van der Waals surface area contributed by atoms with Crippen LogP contribution in [0.3, 0.4) is 0 Å². The first-order chi connectivity index (χ1) is 18.8. The van der Waals surface area contributed by atoms with Crippen LogP contribution in [-0.2, 0) is 14.3 Å². The van der Waals surface area contributed by atoms with E-state index in [0.29, 0.717) is 23.8 Å². The van der Waals surface area contributed by atoms with Gasteiger partial charge in [-0.1, -0.05) is 26.5 Å². The van der Waals surface area contributed by atoms with E-state index in [0.717, 1.165) is 12.8 Å². The van der Waals surface area contributed by atoms with E-state index in [4.69, 9.17) is 14.2 Å². The van der Waals surface area contributed by atoms with Crippen molar-refractivity contribution in [1.29, 1.82) is 0 Å². The Labute approximate surface area is 233 Å². The summed E-state index contributed by atoms with van der Waals surface area (Å²) >= 11 is 0. The van der Waals surface area contributed by atoms with Crippen LogP contribution in [0.2, 0.25) is 0 Å². The number of carboxylic acids is 1. The van der Waals surface area contributed by atoms with Crippen molar-refractivity contribution in [3.05, 3.63) is 53.4 Å². The molecule has 2 aromatic rings. The van der Waals surface area contributed by atoms with Crippen molar-refractivity contribution in [2.75, 3.05) is 13.7 Å². The van der Waals surface area contributed by atoms with Crippen molar-refractivity contribution in [2.24, 2.45) is 17.3 Å². The molecule has 0 radical (unpaired) electrons. The van der Waals surface area contributed by atoms with Gasteiger partial charge in [0.2, 0.25) is 6.29 Å². The molecule has 0 bridgehead atoms. The largest absolute Gasteiger partial charge is 0.496 e. The molecular weight excluding hydrogens is 516 g/mol. The molecular formula is C30H36N2O8. The Morgan fingerprint density at radius 1 is 1.12 bits per heavy atom. The lowest BCUT2D eigenvalue weighted by Gasteiger charge is -2.25. The zero-order valence-corrected chi connectivity index (χ0v) is 23.7. The summed E-state index contributed by atoms with van der Waals surface area (Å²) in [5, 5.41) is 12.8. The molecule has 3 rings (SSSR count). The molecule has 1 saturated carbocycles. The lowest BCUT2D eigenvalue weighted by Crippen LogP contribution is -2.34. The third-order valence-electron chi connectivity index (χ3n) is 6.28. The van der Waals surface area contributed by atoms with Crippen LogP contribution in [0.4, 0.5) is 0 Å². The first kappa shape index (κ1) is 30.3. The normalized spacial score (nSPS) is 13.8. The topological polar surface area (TPSA) is 141 Å². The second-order valence-corrected chi connectivity index (χ2v) is 11.1. The van der Waals surface area contributed by atoms with Gasteiger partial charge in [-0.25, -0.2) is 14.6 Å². The fraction of sp³-hybridized carbons (Fsp3) is 0.433. The molecule has 1 unspecified atom stereocenters. The Bertz CT molecular complexity index is 1320. The summed E-state index contributed by atoms with van der Waals surface area (Å²) in [5.74, 6) is -2.97. The van der Waals surface area contributed by atoms with Crippen LogP contribution in [0.5, 0.6) is 5.75 Å². The third-order valence-corrected chi connectivity index (χ3v) is 6.28. The Morgan fingerprint density at radius 2 is 1.80 bits per heavy atom. The quantitative estimate of drug-likeness (QED) is 0.292. The Hall–Kier alpha value is -4.21. The van der Waals surface area contributed by atoms with Crippen LogP contribution in [0.1, 0.15) is 84.4 Å². The number of amides is 1. The van der Waals surface area contributed by atoms with Crippen molar-refractivity contribution >= 4 is 29.9 Å². The molecule has 1 aliphatic carbocycles. The van der Waals surface area contributed by atoms with Crippen LogP contribution < -0.4 is 10.1 Å². The smallest absolute Gasteiger partial charge is 0.360 e. The molecule has 0 saturated heterocycles. The van der Waals surface area contributed by atoms with Gasteiger partial charge in [0.25, 0.3) is 5.91 Å². The van der Waals surface area contributed by atoms with E-state index in [-0.39, 0.29) is 28.1 Å². The molecule has 214 valence electrons. The van der Waals surface area contributed by atoms with Crippen LogP contribution >= 0.6 is 0 Å². The minimum absolute atomic E-state index is 0.0457. The minimum atomic E-state index is -1.26. The number of carboxylic acid groups (broad SMARTS) is 1. The van der Waals surface area contributed by atoms with E-state index in [1.165, 1.54) is 37.5 Å². The van der Waals surface area contributed by atoms with Gasteiger partial charge in [0.15, 0.2) is 5.69 Å².